The highest BCUT2D eigenvalue weighted by Crippen LogP contribution is 2.36. The van der Waals surface area contributed by atoms with Crippen molar-refractivity contribution in [1.82, 2.24) is 0 Å². The molecule has 2 rings (SSSR count). The molecule has 0 aliphatic heterocycles. The molecular weight excluding hydrogens is 132 g/mol. The average molecular weight is 145 g/mol. The molecule has 0 N–H and O–H groups in total. The lowest BCUT2D eigenvalue weighted by molar-refractivity contribution is 0.868. The summed E-state index contributed by atoms with van der Waals surface area (Å²) in [5.41, 5.74) is 4.44. The van der Waals surface area contributed by atoms with Gasteiger partial charge in [0.15, 0.2) is 0 Å². The first-order valence-electron chi connectivity index (χ1n) is 4.22. The van der Waals surface area contributed by atoms with Crippen LogP contribution in [0.25, 0.3) is 0 Å². The van der Waals surface area contributed by atoms with Crippen molar-refractivity contribution in [3.63, 3.8) is 0 Å². The largest absolute Gasteiger partial charge is 0.122 e. The minimum absolute atomic E-state index is 0.648. The van der Waals surface area contributed by atoms with E-state index in [1.807, 2.05) is 0 Å². The highest BCUT2D eigenvalue weighted by Gasteiger charge is 2.29. The Morgan fingerprint density at radius 2 is 2.36 bits per heavy atom. The maximum Gasteiger partial charge on any atom is 0.122 e. The molecule has 2 aliphatic carbocycles. The van der Waals surface area contributed by atoms with Gasteiger partial charge < -0.3 is 0 Å². The summed E-state index contributed by atoms with van der Waals surface area (Å²) in [5.74, 6) is 0.648. The molecule has 0 heterocycles. The lowest BCUT2D eigenvalue weighted by atomic mass is 9.93. The molecule has 0 bridgehead atoms. The van der Waals surface area contributed by atoms with Crippen LogP contribution >= 0.6 is 0 Å². The van der Waals surface area contributed by atoms with Crippen LogP contribution in [0.3, 0.4) is 0 Å². The zero-order chi connectivity index (χ0) is 7.84. The zero-order valence-corrected chi connectivity index (χ0v) is 7.09. The predicted octanol–water partition coefficient (Wildman–Crippen LogP) is 3.04. The van der Waals surface area contributed by atoms with Crippen molar-refractivity contribution in [3.8, 4) is 0 Å². The summed E-state index contributed by atoms with van der Waals surface area (Å²) in [6.45, 7) is 4.46. The first-order chi connectivity index (χ1) is 5.29. The van der Waals surface area contributed by atoms with Crippen LogP contribution in [-0.2, 0) is 0 Å². The van der Waals surface area contributed by atoms with Crippen LogP contribution in [-0.4, -0.2) is 0 Å². The van der Waals surface area contributed by atoms with E-state index in [9.17, 15) is 0 Å². The van der Waals surface area contributed by atoms with Gasteiger partial charge in [0.25, 0.3) is 0 Å². The normalized spacial score (nSPS) is 28.2. The number of hydrogen-bond donors (Lipinski definition) is 0. The van der Waals surface area contributed by atoms with Crippen molar-refractivity contribution in [1.29, 1.82) is 0 Å². The third kappa shape index (κ3) is 0.936. The fourth-order valence-corrected chi connectivity index (χ4v) is 1.93. The van der Waals surface area contributed by atoms with Crippen LogP contribution in [0.5, 0.6) is 0 Å². The molecular formula is C11H13+. The number of rotatable bonds is 0. The Kier molecular flexibility index (Phi) is 1.42. The van der Waals surface area contributed by atoms with Crippen LogP contribution in [0.1, 0.15) is 20.3 Å². The summed E-state index contributed by atoms with van der Waals surface area (Å²) in [6, 6.07) is 0. The lowest BCUT2D eigenvalue weighted by Crippen LogP contribution is -1.97. The minimum atomic E-state index is 0.648. The summed E-state index contributed by atoms with van der Waals surface area (Å²) < 4.78 is 0. The van der Waals surface area contributed by atoms with E-state index in [1.54, 1.807) is 0 Å². The number of allylic oxidation sites excluding steroid dienone is 6. The van der Waals surface area contributed by atoms with Crippen molar-refractivity contribution in [2.75, 3.05) is 0 Å². The van der Waals surface area contributed by atoms with Crippen molar-refractivity contribution in [2.24, 2.45) is 5.92 Å². The van der Waals surface area contributed by atoms with E-state index in [4.69, 9.17) is 0 Å². The molecule has 1 atom stereocenters. The molecule has 0 radical (unpaired) electrons. The summed E-state index contributed by atoms with van der Waals surface area (Å²) in [4.78, 5) is 0. The van der Waals surface area contributed by atoms with Gasteiger partial charge in [-0.3, -0.25) is 0 Å². The molecule has 2 aliphatic rings. The van der Waals surface area contributed by atoms with E-state index in [2.05, 4.69) is 38.5 Å². The van der Waals surface area contributed by atoms with Gasteiger partial charge >= 0.3 is 0 Å². The lowest BCUT2D eigenvalue weighted by Gasteiger charge is -2.02. The third-order valence-corrected chi connectivity index (χ3v) is 2.48. The molecule has 0 saturated heterocycles. The van der Waals surface area contributed by atoms with E-state index in [1.165, 1.54) is 16.7 Å². The molecule has 0 aromatic heterocycles. The summed E-state index contributed by atoms with van der Waals surface area (Å²) in [6.07, 6.45) is 10.3. The smallest absolute Gasteiger partial charge is 0.0511 e. The molecule has 0 nitrogen and oxygen atoms in total. The van der Waals surface area contributed by atoms with E-state index >= 15 is 0 Å². The maximum atomic E-state index is 2.34. The summed E-state index contributed by atoms with van der Waals surface area (Å²) in [7, 11) is 0. The molecule has 0 amide bonds. The minimum Gasteiger partial charge on any atom is -0.0511 e. The second kappa shape index (κ2) is 2.30. The van der Waals surface area contributed by atoms with Crippen molar-refractivity contribution < 1.29 is 0 Å². The van der Waals surface area contributed by atoms with E-state index in [-0.39, 0.29) is 0 Å². The topological polar surface area (TPSA) is 0 Å². The van der Waals surface area contributed by atoms with E-state index in [0.29, 0.717) is 5.92 Å². The van der Waals surface area contributed by atoms with Gasteiger partial charge in [0.1, 0.15) is 11.1 Å². The maximum absolute atomic E-state index is 2.34. The molecule has 0 spiro atoms. The van der Waals surface area contributed by atoms with Crippen LogP contribution in [0, 0.1) is 12.3 Å². The van der Waals surface area contributed by atoms with Crippen LogP contribution in [0.4, 0.5) is 0 Å². The van der Waals surface area contributed by atoms with Crippen molar-refractivity contribution >= 4 is 0 Å². The molecule has 56 valence electrons. The van der Waals surface area contributed by atoms with Gasteiger partial charge in [-0.2, -0.15) is 0 Å². The monoisotopic (exact) mass is 145 g/mol. The number of hydrogen-bond acceptors (Lipinski definition) is 0. The second-order valence-electron chi connectivity index (χ2n) is 3.35. The van der Waals surface area contributed by atoms with Gasteiger partial charge in [0.2, 0.25) is 0 Å². The van der Waals surface area contributed by atoms with Gasteiger partial charge in [-0.1, -0.05) is 6.92 Å². The first-order valence-corrected chi connectivity index (χ1v) is 4.22. The van der Waals surface area contributed by atoms with E-state index in [0.717, 1.165) is 6.42 Å². The molecule has 0 aromatic carbocycles. The van der Waals surface area contributed by atoms with Crippen molar-refractivity contribution in [2.45, 2.75) is 20.3 Å². The third-order valence-electron chi connectivity index (χ3n) is 2.48. The Hall–Kier alpha value is -0.910. The van der Waals surface area contributed by atoms with Gasteiger partial charge in [-0.15, -0.1) is 0 Å². The van der Waals surface area contributed by atoms with Crippen LogP contribution < -0.4 is 0 Å². The molecule has 0 saturated carbocycles. The quantitative estimate of drug-likeness (QED) is 0.459. The summed E-state index contributed by atoms with van der Waals surface area (Å²) in [5, 5.41) is 0. The Balaban J connectivity index is 2.42. The van der Waals surface area contributed by atoms with Gasteiger partial charge in [-0.05, 0) is 19.1 Å². The standard InChI is InChI=1S/C11H13/c1-8-7-9(2)11-6-4-3-5-10(8)11/h3,5-7,9H,4H2,1-2H3/q+1. The van der Waals surface area contributed by atoms with Crippen molar-refractivity contribution in [3.05, 3.63) is 41.4 Å². The predicted molar refractivity (Wildman–Crippen MR) is 48.0 cm³/mol. The molecule has 1 unspecified atom stereocenters. The molecule has 0 heteroatoms. The highest BCUT2D eigenvalue weighted by atomic mass is 14.2. The van der Waals surface area contributed by atoms with E-state index < -0.39 is 0 Å². The molecule has 0 aromatic rings. The highest BCUT2D eigenvalue weighted by molar-refractivity contribution is 5.54. The van der Waals surface area contributed by atoms with Gasteiger partial charge in [0, 0.05) is 24.0 Å². The Morgan fingerprint density at radius 3 is 3.09 bits per heavy atom. The Labute approximate surface area is 68.3 Å². The van der Waals surface area contributed by atoms with Crippen LogP contribution in [0.2, 0.25) is 0 Å². The molecule has 11 heavy (non-hydrogen) atoms. The fraction of sp³-hybridized carbons (Fsp3) is 0.364. The van der Waals surface area contributed by atoms with Crippen LogP contribution in [0.15, 0.2) is 34.9 Å². The second-order valence-corrected chi connectivity index (χ2v) is 3.35. The first kappa shape index (κ1) is 6.78. The summed E-state index contributed by atoms with van der Waals surface area (Å²) >= 11 is 0. The Morgan fingerprint density at radius 1 is 1.55 bits per heavy atom. The Bertz CT molecular complexity index is 264. The van der Waals surface area contributed by atoms with Gasteiger partial charge in [0.05, 0.1) is 6.42 Å². The average Bonchev–Trinajstić information content (AvgIpc) is 2.30. The SMILES string of the molecule is CC1=CC(C)C2=C1C=CC[CH+]2. The zero-order valence-electron chi connectivity index (χ0n) is 7.09. The molecule has 0 fully saturated rings. The fourth-order valence-electron chi connectivity index (χ4n) is 1.93. The van der Waals surface area contributed by atoms with Gasteiger partial charge in [-0.25, -0.2) is 0 Å².